The second-order valence-electron chi connectivity index (χ2n) is 6.24. The number of sulfonamides is 1. The molecule has 1 aliphatic rings. The Morgan fingerprint density at radius 3 is 2.04 bits per heavy atom. The van der Waals surface area contributed by atoms with E-state index in [1.54, 1.807) is 29.2 Å². The van der Waals surface area contributed by atoms with Crippen molar-refractivity contribution in [1.82, 2.24) is 9.21 Å². The van der Waals surface area contributed by atoms with Gasteiger partial charge in [-0.15, -0.1) is 0 Å². The third-order valence-electron chi connectivity index (χ3n) is 4.52. The standard InChI is InChI=1S/C19H22N2O4S/c1-15-3-5-16(6-4-15)19(22)20-11-13-21(14-12-20)26(23,24)18-9-7-17(25-2)8-10-18/h3-10H,11-14H2,1-2H3. The van der Waals surface area contributed by atoms with Crippen LogP contribution >= 0.6 is 0 Å². The first-order chi connectivity index (χ1) is 12.4. The minimum Gasteiger partial charge on any atom is -0.497 e. The van der Waals surface area contributed by atoms with Crippen LogP contribution < -0.4 is 4.74 Å². The molecule has 0 aliphatic carbocycles. The molecule has 1 heterocycles. The fourth-order valence-corrected chi connectivity index (χ4v) is 4.33. The molecule has 0 bridgehead atoms. The predicted octanol–water partition coefficient (Wildman–Crippen LogP) is 2.15. The summed E-state index contributed by atoms with van der Waals surface area (Å²) in [5, 5.41) is 0. The Balaban J connectivity index is 1.67. The lowest BCUT2D eigenvalue weighted by molar-refractivity contribution is 0.0698. The maximum Gasteiger partial charge on any atom is 0.253 e. The molecule has 1 fully saturated rings. The Morgan fingerprint density at radius 1 is 0.923 bits per heavy atom. The summed E-state index contributed by atoms with van der Waals surface area (Å²) in [5.74, 6) is 0.545. The van der Waals surface area contributed by atoms with Crippen molar-refractivity contribution in [2.45, 2.75) is 11.8 Å². The number of amides is 1. The minimum atomic E-state index is -3.57. The smallest absolute Gasteiger partial charge is 0.253 e. The molecular weight excluding hydrogens is 352 g/mol. The monoisotopic (exact) mass is 374 g/mol. The van der Waals surface area contributed by atoms with Crippen LogP contribution in [0.15, 0.2) is 53.4 Å². The van der Waals surface area contributed by atoms with Gasteiger partial charge in [-0.1, -0.05) is 17.7 Å². The minimum absolute atomic E-state index is 0.0634. The quantitative estimate of drug-likeness (QED) is 0.822. The second-order valence-corrected chi connectivity index (χ2v) is 8.18. The zero-order valence-corrected chi connectivity index (χ0v) is 15.7. The molecular formula is C19H22N2O4S. The van der Waals surface area contributed by atoms with Crippen molar-refractivity contribution in [2.75, 3.05) is 33.3 Å². The van der Waals surface area contributed by atoms with Crippen LogP contribution in [0.1, 0.15) is 15.9 Å². The van der Waals surface area contributed by atoms with Crippen molar-refractivity contribution in [3.05, 3.63) is 59.7 Å². The summed E-state index contributed by atoms with van der Waals surface area (Å²) < 4.78 is 32.0. The van der Waals surface area contributed by atoms with Gasteiger partial charge >= 0.3 is 0 Å². The van der Waals surface area contributed by atoms with E-state index in [1.807, 2.05) is 19.1 Å². The SMILES string of the molecule is COc1ccc(S(=O)(=O)N2CCN(C(=O)c3ccc(C)cc3)CC2)cc1. The molecule has 0 aromatic heterocycles. The summed E-state index contributed by atoms with van der Waals surface area (Å²) in [4.78, 5) is 14.5. The van der Waals surface area contributed by atoms with Crippen LogP contribution in [-0.2, 0) is 10.0 Å². The van der Waals surface area contributed by atoms with Crippen LogP contribution in [0.2, 0.25) is 0 Å². The molecule has 1 amide bonds. The van der Waals surface area contributed by atoms with E-state index in [9.17, 15) is 13.2 Å². The van der Waals surface area contributed by atoms with E-state index in [-0.39, 0.29) is 23.9 Å². The highest BCUT2D eigenvalue weighted by atomic mass is 32.2. The Kier molecular flexibility index (Phi) is 5.29. The number of carbonyl (C=O) groups excluding carboxylic acids is 1. The van der Waals surface area contributed by atoms with Gasteiger partial charge in [0.2, 0.25) is 10.0 Å². The Labute approximate surface area is 154 Å². The second kappa shape index (κ2) is 7.47. The maximum absolute atomic E-state index is 12.8. The molecule has 0 atom stereocenters. The fraction of sp³-hybridized carbons (Fsp3) is 0.316. The van der Waals surface area contributed by atoms with Crippen molar-refractivity contribution in [3.63, 3.8) is 0 Å². The van der Waals surface area contributed by atoms with Crippen molar-refractivity contribution in [2.24, 2.45) is 0 Å². The van der Waals surface area contributed by atoms with Gasteiger partial charge in [-0.25, -0.2) is 8.42 Å². The summed E-state index contributed by atoms with van der Waals surface area (Å²) in [7, 11) is -2.03. The van der Waals surface area contributed by atoms with E-state index in [1.165, 1.54) is 23.5 Å². The van der Waals surface area contributed by atoms with Gasteiger partial charge in [0, 0.05) is 31.7 Å². The Morgan fingerprint density at radius 2 is 1.50 bits per heavy atom. The van der Waals surface area contributed by atoms with Crippen LogP contribution in [0.4, 0.5) is 0 Å². The summed E-state index contributed by atoms with van der Waals surface area (Å²) in [6.45, 7) is 3.29. The molecule has 6 nitrogen and oxygen atoms in total. The average Bonchev–Trinajstić information content (AvgIpc) is 2.68. The molecule has 3 rings (SSSR count). The lowest BCUT2D eigenvalue weighted by Crippen LogP contribution is -2.50. The number of ether oxygens (including phenoxy) is 1. The first-order valence-corrected chi connectivity index (χ1v) is 9.86. The van der Waals surface area contributed by atoms with Crippen molar-refractivity contribution >= 4 is 15.9 Å². The molecule has 0 saturated carbocycles. The van der Waals surface area contributed by atoms with Gasteiger partial charge in [-0.2, -0.15) is 4.31 Å². The van der Waals surface area contributed by atoms with E-state index in [0.717, 1.165) is 5.56 Å². The van der Waals surface area contributed by atoms with Crippen LogP contribution in [0.25, 0.3) is 0 Å². The lowest BCUT2D eigenvalue weighted by atomic mass is 10.1. The first-order valence-electron chi connectivity index (χ1n) is 8.42. The summed E-state index contributed by atoms with van der Waals surface area (Å²) in [6.07, 6.45) is 0. The van der Waals surface area contributed by atoms with E-state index >= 15 is 0 Å². The van der Waals surface area contributed by atoms with Crippen molar-refractivity contribution < 1.29 is 17.9 Å². The van der Waals surface area contributed by atoms with Crippen LogP contribution in [0.5, 0.6) is 5.75 Å². The lowest BCUT2D eigenvalue weighted by Gasteiger charge is -2.34. The number of carbonyl (C=O) groups is 1. The normalized spacial score (nSPS) is 15.7. The molecule has 2 aromatic carbocycles. The molecule has 0 unspecified atom stereocenters. The summed E-state index contributed by atoms with van der Waals surface area (Å²) in [6, 6.07) is 13.7. The van der Waals surface area contributed by atoms with E-state index < -0.39 is 10.0 Å². The number of hydrogen-bond donors (Lipinski definition) is 0. The largest absolute Gasteiger partial charge is 0.497 e. The highest BCUT2D eigenvalue weighted by Crippen LogP contribution is 2.21. The van der Waals surface area contributed by atoms with E-state index in [2.05, 4.69) is 0 Å². The Hall–Kier alpha value is -2.38. The highest BCUT2D eigenvalue weighted by molar-refractivity contribution is 7.89. The first kappa shape index (κ1) is 18.4. The molecule has 7 heteroatoms. The molecule has 1 saturated heterocycles. The van der Waals surface area contributed by atoms with Gasteiger partial charge in [-0.3, -0.25) is 4.79 Å². The number of piperazine rings is 1. The third kappa shape index (κ3) is 3.73. The Bertz CT molecular complexity index is 869. The van der Waals surface area contributed by atoms with Gasteiger partial charge in [0.15, 0.2) is 0 Å². The molecule has 0 N–H and O–H groups in total. The number of benzene rings is 2. The van der Waals surface area contributed by atoms with Crippen LogP contribution in [-0.4, -0.2) is 56.8 Å². The average molecular weight is 374 g/mol. The highest BCUT2D eigenvalue weighted by Gasteiger charge is 2.30. The van der Waals surface area contributed by atoms with Gasteiger partial charge < -0.3 is 9.64 Å². The number of hydrogen-bond acceptors (Lipinski definition) is 4. The number of nitrogens with zero attached hydrogens (tertiary/aromatic N) is 2. The molecule has 138 valence electrons. The number of methoxy groups -OCH3 is 1. The van der Waals surface area contributed by atoms with Crippen LogP contribution in [0, 0.1) is 6.92 Å². The van der Waals surface area contributed by atoms with E-state index in [0.29, 0.717) is 24.4 Å². The molecule has 2 aromatic rings. The van der Waals surface area contributed by atoms with Gasteiger partial charge in [0.05, 0.1) is 12.0 Å². The van der Waals surface area contributed by atoms with Crippen molar-refractivity contribution in [3.8, 4) is 5.75 Å². The molecule has 26 heavy (non-hydrogen) atoms. The molecule has 1 aliphatic heterocycles. The summed E-state index contributed by atoms with van der Waals surface area (Å²) >= 11 is 0. The third-order valence-corrected chi connectivity index (χ3v) is 6.43. The maximum atomic E-state index is 12.8. The van der Waals surface area contributed by atoms with Gasteiger partial charge in [-0.05, 0) is 43.3 Å². The van der Waals surface area contributed by atoms with Crippen LogP contribution in [0.3, 0.4) is 0 Å². The van der Waals surface area contributed by atoms with Gasteiger partial charge in [0.1, 0.15) is 5.75 Å². The summed E-state index contributed by atoms with van der Waals surface area (Å²) in [5.41, 5.74) is 1.72. The van der Waals surface area contributed by atoms with Gasteiger partial charge in [0.25, 0.3) is 5.91 Å². The number of rotatable bonds is 4. The zero-order chi connectivity index (χ0) is 18.7. The van der Waals surface area contributed by atoms with E-state index in [4.69, 9.17) is 4.74 Å². The number of aryl methyl sites for hydroxylation is 1. The molecule has 0 spiro atoms. The van der Waals surface area contributed by atoms with Crippen molar-refractivity contribution in [1.29, 1.82) is 0 Å². The topological polar surface area (TPSA) is 66.9 Å². The predicted molar refractivity (Wildman–Crippen MR) is 98.8 cm³/mol. The fourth-order valence-electron chi connectivity index (χ4n) is 2.91. The zero-order valence-electron chi connectivity index (χ0n) is 14.9. The molecule has 0 radical (unpaired) electrons.